The summed E-state index contributed by atoms with van der Waals surface area (Å²) in [6.45, 7) is 6.60. The van der Waals surface area contributed by atoms with Crippen molar-refractivity contribution in [2.75, 3.05) is 13.2 Å². The molecule has 53 heavy (non-hydrogen) atoms. The molecule has 0 saturated heterocycles. The molecule has 0 unspecified atom stereocenters. The van der Waals surface area contributed by atoms with Crippen molar-refractivity contribution in [3.05, 3.63) is 0 Å². The lowest BCUT2D eigenvalue weighted by atomic mass is 10.0. The molecule has 0 radical (unpaired) electrons. The van der Waals surface area contributed by atoms with Crippen LogP contribution in [0.25, 0.3) is 0 Å². The van der Waals surface area contributed by atoms with E-state index >= 15 is 0 Å². The summed E-state index contributed by atoms with van der Waals surface area (Å²) in [5, 5.41) is 0. The van der Waals surface area contributed by atoms with Gasteiger partial charge in [-0.1, -0.05) is 226 Å². The molecule has 0 aromatic rings. The van der Waals surface area contributed by atoms with Crippen LogP contribution in [-0.2, 0) is 28.6 Å². The molecular formula is C47H90O6. The SMILES string of the molecule is CCCCCCCCCCCCCCCCCCCCCC(=O)OC[C@@H](COC(=O)CCCCCCCCCCC)OC(=O)CCCCCCCCC. The van der Waals surface area contributed by atoms with E-state index in [0.29, 0.717) is 19.3 Å². The number of esters is 3. The second kappa shape index (κ2) is 43.1. The van der Waals surface area contributed by atoms with E-state index < -0.39 is 6.10 Å². The van der Waals surface area contributed by atoms with Gasteiger partial charge in [-0.15, -0.1) is 0 Å². The van der Waals surface area contributed by atoms with Gasteiger partial charge in [-0.05, 0) is 19.3 Å². The summed E-state index contributed by atoms with van der Waals surface area (Å²) in [5.74, 6) is -0.860. The number of hydrogen-bond donors (Lipinski definition) is 0. The first kappa shape index (κ1) is 51.4. The number of ether oxygens (including phenoxy) is 3. The minimum Gasteiger partial charge on any atom is -0.462 e. The van der Waals surface area contributed by atoms with Gasteiger partial charge in [0.25, 0.3) is 0 Å². The first-order valence-electron chi connectivity index (χ1n) is 23.5. The van der Waals surface area contributed by atoms with Crippen LogP contribution in [0, 0.1) is 0 Å². The van der Waals surface area contributed by atoms with Crippen LogP contribution < -0.4 is 0 Å². The zero-order valence-corrected chi connectivity index (χ0v) is 35.8. The highest BCUT2D eigenvalue weighted by atomic mass is 16.6. The largest absolute Gasteiger partial charge is 0.462 e. The fourth-order valence-corrected chi connectivity index (χ4v) is 7.03. The predicted molar refractivity (Wildman–Crippen MR) is 224 cm³/mol. The quantitative estimate of drug-likeness (QED) is 0.0351. The molecular weight excluding hydrogens is 661 g/mol. The van der Waals surface area contributed by atoms with Crippen molar-refractivity contribution in [1.29, 1.82) is 0 Å². The summed E-state index contributed by atoms with van der Waals surface area (Å²) >= 11 is 0. The van der Waals surface area contributed by atoms with Crippen molar-refractivity contribution < 1.29 is 28.6 Å². The van der Waals surface area contributed by atoms with Gasteiger partial charge in [0.15, 0.2) is 6.10 Å². The molecule has 0 bridgehead atoms. The van der Waals surface area contributed by atoms with E-state index in [4.69, 9.17) is 14.2 Å². The van der Waals surface area contributed by atoms with Crippen LogP contribution in [0.1, 0.15) is 265 Å². The molecule has 6 nitrogen and oxygen atoms in total. The third-order valence-corrected chi connectivity index (χ3v) is 10.6. The molecule has 0 aromatic heterocycles. The Labute approximate surface area is 329 Å². The highest BCUT2D eigenvalue weighted by molar-refractivity contribution is 5.71. The summed E-state index contributed by atoms with van der Waals surface area (Å²) < 4.78 is 16.6. The average Bonchev–Trinajstić information content (AvgIpc) is 3.15. The first-order valence-corrected chi connectivity index (χ1v) is 23.5. The lowest BCUT2D eigenvalue weighted by molar-refractivity contribution is -0.167. The molecule has 0 spiro atoms. The summed E-state index contributed by atoms with van der Waals surface area (Å²) in [4.78, 5) is 37.5. The van der Waals surface area contributed by atoms with E-state index in [1.165, 1.54) is 167 Å². The smallest absolute Gasteiger partial charge is 0.306 e. The number of carbonyl (C=O) groups is 3. The van der Waals surface area contributed by atoms with Gasteiger partial charge in [0, 0.05) is 19.3 Å². The monoisotopic (exact) mass is 751 g/mol. The minimum absolute atomic E-state index is 0.0635. The van der Waals surface area contributed by atoms with Crippen molar-refractivity contribution in [2.45, 2.75) is 271 Å². The standard InChI is InChI=1S/C47H90O6/c1-4-7-10-13-16-18-19-20-21-22-23-24-25-26-27-29-32-34-37-40-46(49)52-43-44(53-47(50)41-38-35-30-15-12-9-6-3)42-51-45(48)39-36-33-31-28-17-14-11-8-5-2/h44H,4-43H2,1-3H3/t44-/m1/s1. The van der Waals surface area contributed by atoms with Crippen molar-refractivity contribution in [3.63, 3.8) is 0 Å². The normalized spacial score (nSPS) is 11.8. The maximum atomic E-state index is 12.6. The van der Waals surface area contributed by atoms with E-state index in [1.807, 2.05) is 0 Å². The Kier molecular flexibility index (Phi) is 41.8. The summed E-state index contributed by atoms with van der Waals surface area (Å²) in [5.41, 5.74) is 0. The number of carbonyl (C=O) groups excluding carboxylic acids is 3. The van der Waals surface area contributed by atoms with Gasteiger partial charge in [-0.2, -0.15) is 0 Å². The molecule has 0 aliphatic carbocycles. The van der Waals surface area contributed by atoms with E-state index in [0.717, 1.165) is 57.8 Å². The molecule has 0 amide bonds. The Hall–Kier alpha value is -1.59. The van der Waals surface area contributed by atoms with Gasteiger partial charge < -0.3 is 14.2 Å². The molecule has 0 rings (SSSR count). The fourth-order valence-electron chi connectivity index (χ4n) is 7.03. The third kappa shape index (κ3) is 41.4. The van der Waals surface area contributed by atoms with Crippen LogP contribution in [0.4, 0.5) is 0 Å². The molecule has 0 aliphatic heterocycles. The van der Waals surface area contributed by atoms with E-state index in [2.05, 4.69) is 20.8 Å². The van der Waals surface area contributed by atoms with Crippen molar-refractivity contribution in [3.8, 4) is 0 Å². The van der Waals surface area contributed by atoms with Crippen LogP contribution in [0.2, 0.25) is 0 Å². The van der Waals surface area contributed by atoms with Crippen LogP contribution in [-0.4, -0.2) is 37.2 Å². The van der Waals surface area contributed by atoms with E-state index in [-0.39, 0.29) is 31.1 Å². The molecule has 0 heterocycles. The molecule has 0 aromatic carbocycles. The summed E-state index contributed by atoms with van der Waals surface area (Å²) in [6, 6.07) is 0. The van der Waals surface area contributed by atoms with Gasteiger partial charge in [-0.25, -0.2) is 0 Å². The lowest BCUT2D eigenvalue weighted by Gasteiger charge is -2.18. The van der Waals surface area contributed by atoms with Crippen molar-refractivity contribution in [2.24, 2.45) is 0 Å². The van der Waals surface area contributed by atoms with Crippen LogP contribution in [0.3, 0.4) is 0 Å². The van der Waals surface area contributed by atoms with Crippen LogP contribution in [0.5, 0.6) is 0 Å². The van der Waals surface area contributed by atoms with E-state index in [9.17, 15) is 14.4 Å². The highest BCUT2D eigenvalue weighted by Crippen LogP contribution is 2.16. The zero-order chi connectivity index (χ0) is 38.7. The second-order valence-electron chi connectivity index (χ2n) is 16.0. The fraction of sp³-hybridized carbons (Fsp3) is 0.936. The predicted octanol–water partition coefficient (Wildman–Crippen LogP) is 14.9. The van der Waals surface area contributed by atoms with Crippen molar-refractivity contribution in [1.82, 2.24) is 0 Å². The number of hydrogen-bond acceptors (Lipinski definition) is 6. The highest BCUT2D eigenvalue weighted by Gasteiger charge is 2.19. The molecule has 0 aliphatic rings. The van der Waals surface area contributed by atoms with Crippen molar-refractivity contribution >= 4 is 17.9 Å². The molecule has 0 fully saturated rings. The third-order valence-electron chi connectivity index (χ3n) is 10.6. The van der Waals surface area contributed by atoms with Gasteiger partial charge in [0.05, 0.1) is 0 Å². The number of rotatable bonds is 43. The van der Waals surface area contributed by atoms with Crippen LogP contribution in [0.15, 0.2) is 0 Å². The van der Waals surface area contributed by atoms with Gasteiger partial charge in [-0.3, -0.25) is 14.4 Å². The maximum absolute atomic E-state index is 12.6. The van der Waals surface area contributed by atoms with E-state index in [1.54, 1.807) is 0 Å². The minimum atomic E-state index is -0.756. The van der Waals surface area contributed by atoms with Gasteiger partial charge in [0.1, 0.15) is 13.2 Å². The zero-order valence-electron chi connectivity index (χ0n) is 35.8. The molecule has 1 atom stereocenters. The Morgan fingerprint density at radius 3 is 0.755 bits per heavy atom. The van der Waals surface area contributed by atoms with Gasteiger partial charge >= 0.3 is 17.9 Å². The van der Waals surface area contributed by atoms with Gasteiger partial charge in [0.2, 0.25) is 0 Å². The Morgan fingerprint density at radius 1 is 0.302 bits per heavy atom. The lowest BCUT2D eigenvalue weighted by Crippen LogP contribution is -2.30. The average molecular weight is 751 g/mol. The Bertz CT molecular complexity index is 783. The van der Waals surface area contributed by atoms with Crippen LogP contribution >= 0.6 is 0 Å². The maximum Gasteiger partial charge on any atom is 0.306 e. The molecule has 6 heteroatoms. The first-order chi connectivity index (χ1) is 26.0. The number of unbranched alkanes of at least 4 members (excludes halogenated alkanes) is 32. The molecule has 314 valence electrons. The Balaban J connectivity index is 4.11. The topological polar surface area (TPSA) is 78.9 Å². The molecule has 0 saturated carbocycles. The molecule has 0 N–H and O–H groups in total. The Morgan fingerprint density at radius 2 is 0.509 bits per heavy atom. The summed E-state index contributed by atoms with van der Waals surface area (Å²) in [7, 11) is 0. The second-order valence-corrected chi connectivity index (χ2v) is 16.0. The summed E-state index contributed by atoms with van der Waals surface area (Å²) in [6.07, 6.45) is 43.9.